The molecule has 6 nitrogen and oxygen atoms in total. The summed E-state index contributed by atoms with van der Waals surface area (Å²) in [5.41, 5.74) is 5.42. The summed E-state index contributed by atoms with van der Waals surface area (Å²) in [6.45, 7) is 5.33. The Kier molecular flexibility index (Phi) is 5.30. The van der Waals surface area contributed by atoms with Gasteiger partial charge in [-0.3, -0.25) is 0 Å². The maximum Gasteiger partial charge on any atom is 0.358 e. The quantitative estimate of drug-likeness (QED) is 0.729. The van der Waals surface area contributed by atoms with E-state index in [1.54, 1.807) is 24.2 Å². The van der Waals surface area contributed by atoms with Gasteiger partial charge in [-0.25, -0.2) is 9.78 Å². The first-order valence-corrected chi connectivity index (χ1v) is 5.92. The second kappa shape index (κ2) is 6.51. The minimum atomic E-state index is -0.419. The Labute approximate surface area is 107 Å². The Bertz CT molecular complexity index is 388. The van der Waals surface area contributed by atoms with Crippen LogP contribution in [0.4, 0.5) is 0 Å². The van der Waals surface area contributed by atoms with Gasteiger partial charge in [-0.15, -0.1) is 0 Å². The highest BCUT2D eigenvalue weighted by Gasteiger charge is 2.18. The summed E-state index contributed by atoms with van der Waals surface area (Å²) in [6.07, 6.45) is 3.85. The van der Waals surface area contributed by atoms with Crippen LogP contribution in [0.5, 0.6) is 0 Å². The van der Waals surface area contributed by atoms with Gasteiger partial charge in [0.25, 0.3) is 0 Å². The monoisotopic (exact) mass is 255 g/mol. The maximum absolute atomic E-state index is 11.7. The summed E-state index contributed by atoms with van der Waals surface area (Å²) in [6, 6.07) is 0. The standard InChI is InChI=1S/C12H21N3O3/c1-12(2,17-3)4-7-18-11(16)10-8-15(6-5-13)9-14-10/h8-9H,4-7,13H2,1-3H3. The first-order valence-electron chi connectivity index (χ1n) is 5.92. The molecule has 0 atom stereocenters. The molecule has 102 valence electrons. The van der Waals surface area contributed by atoms with E-state index in [0.717, 1.165) is 0 Å². The zero-order chi connectivity index (χ0) is 13.6. The van der Waals surface area contributed by atoms with Crippen molar-refractivity contribution in [3.8, 4) is 0 Å². The number of methoxy groups -OCH3 is 1. The highest BCUT2D eigenvalue weighted by atomic mass is 16.5. The van der Waals surface area contributed by atoms with Gasteiger partial charge in [0.05, 0.1) is 18.5 Å². The Hall–Kier alpha value is -1.40. The summed E-state index contributed by atoms with van der Waals surface area (Å²) in [5.74, 6) is -0.419. The van der Waals surface area contributed by atoms with Gasteiger partial charge in [-0.1, -0.05) is 0 Å². The average Bonchev–Trinajstić information content (AvgIpc) is 2.78. The molecule has 0 saturated heterocycles. The fourth-order valence-electron chi connectivity index (χ4n) is 1.30. The van der Waals surface area contributed by atoms with Gasteiger partial charge in [0, 0.05) is 32.8 Å². The number of ether oxygens (including phenoxy) is 2. The summed E-state index contributed by atoms with van der Waals surface area (Å²) in [5, 5.41) is 0. The molecule has 1 rings (SSSR count). The molecule has 0 fully saturated rings. The topological polar surface area (TPSA) is 79.4 Å². The van der Waals surface area contributed by atoms with E-state index in [1.165, 1.54) is 0 Å². The van der Waals surface area contributed by atoms with E-state index >= 15 is 0 Å². The van der Waals surface area contributed by atoms with E-state index < -0.39 is 5.97 Å². The van der Waals surface area contributed by atoms with Crippen molar-refractivity contribution in [3.63, 3.8) is 0 Å². The number of nitrogens with two attached hydrogens (primary N) is 1. The van der Waals surface area contributed by atoms with Crippen LogP contribution in [0, 0.1) is 0 Å². The predicted octanol–water partition coefficient (Wildman–Crippen LogP) is 0.814. The van der Waals surface area contributed by atoms with Crippen LogP contribution in [0.3, 0.4) is 0 Å². The van der Waals surface area contributed by atoms with Gasteiger partial charge < -0.3 is 19.8 Å². The van der Waals surface area contributed by atoms with Crippen LogP contribution in [0.2, 0.25) is 0 Å². The molecule has 2 N–H and O–H groups in total. The zero-order valence-electron chi connectivity index (χ0n) is 11.2. The Morgan fingerprint density at radius 1 is 1.56 bits per heavy atom. The minimum Gasteiger partial charge on any atom is -0.461 e. The molecule has 0 spiro atoms. The normalized spacial score (nSPS) is 11.6. The number of imidazole rings is 1. The number of hydrogen-bond donors (Lipinski definition) is 1. The molecule has 1 heterocycles. The predicted molar refractivity (Wildman–Crippen MR) is 67.3 cm³/mol. The van der Waals surface area contributed by atoms with Gasteiger partial charge in [-0.2, -0.15) is 0 Å². The van der Waals surface area contributed by atoms with Gasteiger partial charge >= 0.3 is 5.97 Å². The second-order valence-corrected chi connectivity index (χ2v) is 4.64. The Morgan fingerprint density at radius 2 is 2.28 bits per heavy atom. The van der Waals surface area contributed by atoms with Crippen molar-refractivity contribution in [2.24, 2.45) is 5.73 Å². The van der Waals surface area contributed by atoms with Gasteiger partial charge in [-0.05, 0) is 13.8 Å². The van der Waals surface area contributed by atoms with E-state index in [4.69, 9.17) is 15.2 Å². The van der Waals surface area contributed by atoms with Crippen LogP contribution in [0.1, 0.15) is 30.8 Å². The van der Waals surface area contributed by atoms with Crippen LogP contribution in [-0.4, -0.2) is 41.4 Å². The van der Waals surface area contributed by atoms with Crippen LogP contribution >= 0.6 is 0 Å². The summed E-state index contributed by atoms with van der Waals surface area (Å²) in [4.78, 5) is 15.6. The number of nitrogens with zero attached hydrogens (tertiary/aromatic N) is 2. The molecule has 18 heavy (non-hydrogen) atoms. The minimum absolute atomic E-state index is 0.292. The number of esters is 1. The van der Waals surface area contributed by atoms with Crippen molar-refractivity contribution in [2.75, 3.05) is 20.3 Å². The Morgan fingerprint density at radius 3 is 2.89 bits per heavy atom. The summed E-state index contributed by atoms with van der Waals surface area (Å²) in [7, 11) is 1.64. The van der Waals surface area contributed by atoms with Crippen LogP contribution in [-0.2, 0) is 16.0 Å². The largest absolute Gasteiger partial charge is 0.461 e. The smallest absolute Gasteiger partial charge is 0.358 e. The van der Waals surface area contributed by atoms with E-state index in [0.29, 0.717) is 31.8 Å². The second-order valence-electron chi connectivity index (χ2n) is 4.64. The highest BCUT2D eigenvalue weighted by molar-refractivity contribution is 5.86. The van der Waals surface area contributed by atoms with E-state index in [1.807, 2.05) is 13.8 Å². The third-order valence-electron chi connectivity index (χ3n) is 2.72. The molecule has 0 amide bonds. The van der Waals surface area contributed by atoms with Crippen molar-refractivity contribution < 1.29 is 14.3 Å². The number of hydrogen-bond acceptors (Lipinski definition) is 5. The fraction of sp³-hybridized carbons (Fsp3) is 0.667. The molecule has 0 aliphatic carbocycles. The van der Waals surface area contributed by atoms with Crippen molar-refractivity contribution in [3.05, 3.63) is 18.2 Å². The molecule has 1 aromatic rings. The molecule has 0 saturated carbocycles. The molecule has 0 bridgehead atoms. The number of aromatic nitrogens is 2. The molecule has 0 aromatic carbocycles. The Balaban J connectivity index is 2.40. The molecule has 1 aromatic heterocycles. The van der Waals surface area contributed by atoms with Crippen molar-refractivity contribution in [1.29, 1.82) is 0 Å². The number of rotatable bonds is 7. The highest BCUT2D eigenvalue weighted by Crippen LogP contribution is 2.13. The fourth-order valence-corrected chi connectivity index (χ4v) is 1.30. The lowest BCUT2D eigenvalue weighted by Crippen LogP contribution is -2.25. The average molecular weight is 255 g/mol. The summed E-state index contributed by atoms with van der Waals surface area (Å²) >= 11 is 0. The third-order valence-corrected chi connectivity index (χ3v) is 2.72. The third kappa shape index (κ3) is 4.46. The molecule has 0 radical (unpaired) electrons. The van der Waals surface area contributed by atoms with Crippen molar-refractivity contribution in [2.45, 2.75) is 32.4 Å². The van der Waals surface area contributed by atoms with Gasteiger partial charge in [0.1, 0.15) is 0 Å². The van der Waals surface area contributed by atoms with E-state index in [9.17, 15) is 4.79 Å². The molecular weight excluding hydrogens is 234 g/mol. The van der Waals surface area contributed by atoms with Crippen LogP contribution in [0.25, 0.3) is 0 Å². The lowest BCUT2D eigenvalue weighted by molar-refractivity contribution is -0.00579. The molecule has 6 heteroatoms. The molecule has 0 unspecified atom stereocenters. The first kappa shape index (κ1) is 14.7. The van der Waals surface area contributed by atoms with Crippen molar-refractivity contribution >= 4 is 5.97 Å². The number of carbonyl (C=O) groups is 1. The van der Waals surface area contributed by atoms with E-state index in [2.05, 4.69) is 4.98 Å². The SMILES string of the molecule is COC(C)(C)CCOC(=O)c1cn(CCN)cn1. The van der Waals surface area contributed by atoms with Gasteiger partial charge in [0.2, 0.25) is 0 Å². The van der Waals surface area contributed by atoms with Gasteiger partial charge in [0.15, 0.2) is 5.69 Å². The van der Waals surface area contributed by atoms with Crippen molar-refractivity contribution in [1.82, 2.24) is 9.55 Å². The number of carbonyl (C=O) groups excluding carboxylic acids is 1. The summed E-state index contributed by atoms with van der Waals surface area (Å²) < 4.78 is 12.1. The lowest BCUT2D eigenvalue weighted by atomic mass is 10.1. The molecule has 0 aliphatic heterocycles. The van der Waals surface area contributed by atoms with Crippen LogP contribution in [0.15, 0.2) is 12.5 Å². The zero-order valence-corrected chi connectivity index (χ0v) is 11.2. The van der Waals surface area contributed by atoms with Crippen LogP contribution < -0.4 is 5.73 Å². The lowest BCUT2D eigenvalue weighted by Gasteiger charge is -2.22. The maximum atomic E-state index is 11.7. The molecular formula is C12H21N3O3. The first-order chi connectivity index (χ1) is 8.48. The van der Waals surface area contributed by atoms with E-state index in [-0.39, 0.29) is 5.60 Å². The molecule has 0 aliphatic rings.